The molecule has 2 aromatic carbocycles. The maximum Gasteiger partial charge on any atom is 0.407 e. The lowest BCUT2D eigenvalue weighted by Crippen LogP contribution is -2.49. The highest BCUT2D eigenvalue weighted by molar-refractivity contribution is 6.00. The summed E-state index contributed by atoms with van der Waals surface area (Å²) in [6.07, 6.45) is 2.67. The second-order valence-electron chi connectivity index (χ2n) is 13.7. The van der Waals surface area contributed by atoms with Gasteiger partial charge in [-0.05, 0) is 108 Å². The fourth-order valence-electron chi connectivity index (χ4n) is 7.14. The van der Waals surface area contributed by atoms with Crippen molar-refractivity contribution in [2.75, 3.05) is 18.5 Å². The largest absolute Gasteiger partial charge is 0.475 e. The summed E-state index contributed by atoms with van der Waals surface area (Å²) in [5.74, 6) is -2.25. The van der Waals surface area contributed by atoms with Crippen LogP contribution >= 0.6 is 0 Å². The molecule has 11 heteroatoms. The summed E-state index contributed by atoms with van der Waals surface area (Å²) < 4.78 is 24.2. The van der Waals surface area contributed by atoms with E-state index in [0.717, 1.165) is 11.1 Å². The number of furan rings is 1. The fraction of sp³-hybridized carbons (Fsp3) is 0.500. The molecule has 0 radical (unpaired) electrons. The molecular formula is C36H44FN3O7. The van der Waals surface area contributed by atoms with Crippen LogP contribution in [0.15, 0.2) is 52.9 Å². The SMILES string of the molecule is Cc1ccccc1[C@@H]1CCN(C(=O)C2CCC([C@@H](CCF)NC(=O)OC(C)(C)C)CC2)[C@@H]1C(=O)Nc1ccc2oc(C(=O)O)cc2c1. The Kier molecular flexibility index (Phi) is 10.2. The summed E-state index contributed by atoms with van der Waals surface area (Å²) in [7, 11) is 0. The lowest BCUT2D eigenvalue weighted by molar-refractivity contribution is -0.141. The molecule has 3 aromatic rings. The van der Waals surface area contributed by atoms with E-state index in [0.29, 0.717) is 55.3 Å². The molecule has 1 aliphatic heterocycles. The molecule has 252 valence electrons. The van der Waals surface area contributed by atoms with Crippen molar-refractivity contribution in [3.05, 3.63) is 65.4 Å². The predicted molar refractivity (Wildman–Crippen MR) is 175 cm³/mol. The topological polar surface area (TPSA) is 138 Å². The number of nitrogens with one attached hydrogen (secondary N) is 2. The molecule has 2 fully saturated rings. The number of anilines is 1. The van der Waals surface area contributed by atoms with E-state index in [-0.39, 0.29) is 47.8 Å². The van der Waals surface area contributed by atoms with Crippen LogP contribution in [-0.2, 0) is 14.3 Å². The molecule has 47 heavy (non-hydrogen) atoms. The zero-order valence-corrected chi connectivity index (χ0v) is 27.4. The Morgan fingerprint density at radius 3 is 2.43 bits per heavy atom. The molecule has 5 rings (SSSR count). The first kappa shape index (κ1) is 33.9. The number of benzene rings is 2. The zero-order chi connectivity index (χ0) is 33.9. The number of fused-ring (bicyclic) bond motifs is 1. The maximum absolute atomic E-state index is 14.1. The van der Waals surface area contributed by atoms with E-state index in [9.17, 15) is 28.7 Å². The van der Waals surface area contributed by atoms with Gasteiger partial charge < -0.3 is 29.8 Å². The maximum atomic E-state index is 14.1. The summed E-state index contributed by atoms with van der Waals surface area (Å²) in [4.78, 5) is 53.7. The average Bonchev–Trinajstić information content (AvgIpc) is 3.65. The standard InChI is InChI=1S/C36H44FN3O7/c1-21-7-5-6-8-26(21)27-16-18-40(31(27)32(41)38-25-13-14-29-24(19-25)20-30(46-29)34(43)44)33(42)23-11-9-22(10-12-23)28(15-17-37)39-35(45)47-36(2,3)4/h5-8,13-14,19-20,22-23,27-28,31H,9-12,15-18H2,1-4H3,(H,38,41)(H,39,45)(H,43,44)/t22?,23?,27-,28+,31-/m0/s1. The van der Waals surface area contributed by atoms with Gasteiger partial charge >= 0.3 is 12.1 Å². The zero-order valence-electron chi connectivity index (χ0n) is 27.4. The molecule has 1 saturated carbocycles. The Balaban J connectivity index is 1.31. The number of carbonyl (C=O) groups excluding carboxylic acids is 3. The average molecular weight is 650 g/mol. The number of ether oxygens (including phenoxy) is 1. The summed E-state index contributed by atoms with van der Waals surface area (Å²) in [6.45, 7) is 7.19. The van der Waals surface area contributed by atoms with Gasteiger partial charge in [-0.25, -0.2) is 9.59 Å². The van der Waals surface area contributed by atoms with Crippen LogP contribution in [0.2, 0.25) is 0 Å². The summed E-state index contributed by atoms with van der Waals surface area (Å²) in [6, 6.07) is 13.1. The van der Waals surface area contributed by atoms with E-state index < -0.39 is 30.4 Å². The number of aryl methyl sites for hydroxylation is 1. The molecular weight excluding hydrogens is 605 g/mol. The number of carboxylic acid groups (broad SMARTS) is 1. The second-order valence-corrected chi connectivity index (χ2v) is 13.7. The number of rotatable bonds is 9. The van der Waals surface area contributed by atoms with Gasteiger partial charge in [0.25, 0.3) is 0 Å². The number of hydrogen-bond acceptors (Lipinski definition) is 6. The molecule has 0 unspecified atom stereocenters. The highest BCUT2D eigenvalue weighted by atomic mass is 19.1. The Hall–Kier alpha value is -4.41. The van der Waals surface area contributed by atoms with Crippen molar-refractivity contribution in [3.63, 3.8) is 0 Å². The Morgan fingerprint density at radius 2 is 1.77 bits per heavy atom. The van der Waals surface area contributed by atoms with Gasteiger partial charge in [-0.3, -0.25) is 14.0 Å². The summed E-state index contributed by atoms with van der Waals surface area (Å²) >= 11 is 0. The smallest absolute Gasteiger partial charge is 0.407 e. The third-order valence-electron chi connectivity index (χ3n) is 9.34. The molecule has 2 heterocycles. The number of likely N-dealkylation sites (tertiary alicyclic amines) is 1. The number of nitrogens with zero attached hydrogens (tertiary/aromatic N) is 1. The number of carboxylic acids is 1. The van der Waals surface area contributed by atoms with Crippen LogP contribution in [0.5, 0.6) is 0 Å². The lowest BCUT2D eigenvalue weighted by Gasteiger charge is -2.36. The Bertz CT molecular complexity index is 1620. The molecule has 0 spiro atoms. The van der Waals surface area contributed by atoms with Gasteiger partial charge in [0.1, 0.15) is 17.2 Å². The highest BCUT2D eigenvalue weighted by Gasteiger charge is 2.45. The van der Waals surface area contributed by atoms with E-state index in [2.05, 4.69) is 10.6 Å². The quantitative estimate of drug-likeness (QED) is 0.231. The van der Waals surface area contributed by atoms with Gasteiger partial charge in [0.15, 0.2) is 0 Å². The number of alkyl carbamates (subject to hydrolysis) is 1. The minimum atomic E-state index is -1.18. The van der Waals surface area contributed by atoms with Crippen LogP contribution < -0.4 is 10.6 Å². The number of alkyl halides is 1. The Labute approximate surface area is 274 Å². The van der Waals surface area contributed by atoms with Crippen LogP contribution in [0, 0.1) is 18.8 Å². The van der Waals surface area contributed by atoms with Crippen LogP contribution in [0.3, 0.4) is 0 Å². The van der Waals surface area contributed by atoms with Crippen LogP contribution in [-0.4, -0.2) is 64.8 Å². The molecule has 1 saturated heterocycles. The van der Waals surface area contributed by atoms with Crippen molar-refractivity contribution < 1.29 is 37.8 Å². The molecule has 3 amide bonds. The van der Waals surface area contributed by atoms with Crippen molar-refractivity contribution in [3.8, 4) is 0 Å². The number of carbonyl (C=O) groups is 4. The highest BCUT2D eigenvalue weighted by Crippen LogP contribution is 2.40. The third kappa shape index (κ3) is 7.94. The molecule has 10 nitrogen and oxygen atoms in total. The first-order valence-electron chi connectivity index (χ1n) is 16.3. The molecule has 2 aliphatic rings. The van der Waals surface area contributed by atoms with Crippen LogP contribution in [0.1, 0.15) is 86.9 Å². The van der Waals surface area contributed by atoms with E-state index in [4.69, 9.17) is 9.15 Å². The number of amides is 3. The van der Waals surface area contributed by atoms with Gasteiger partial charge in [0, 0.05) is 35.5 Å². The molecule has 1 aliphatic carbocycles. The van der Waals surface area contributed by atoms with Gasteiger partial charge in [0.05, 0.1) is 6.67 Å². The van der Waals surface area contributed by atoms with Gasteiger partial charge in [-0.2, -0.15) is 0 Å². The minimum Gasteiger partial charge on any atom is -0.475 e. The third-order valence-corrected chi connectivity index (χ3v) is 9.34. The van der Waals surface area contributed by atoms with E-state index in [1.54, 1.807) is 43.9 Å². The van der Waals surface area contributed by atoms with Crippen molar-refractivity contribution in [1.82, 2.24) is 10.2 Å². The van der Waals surface area contributed by atoms with Gasteiger partial charge in [0.2, 0.25) is 17.6 Å². The summed E-state index contributed by atoms with van der Waals surface area (Å²) in [5.41, 5.74) is 2.26. The van der Waals surface area contributed by atoms with Crippen LogP contribution in [0.4, 0.5) is 14.9 Å². The lowest BCUT2D eigenvalue weighted by atomic mass is 9.77. The van der Waals surface area contributed by atoms with Crippen molar-refractivity contribution >= 4 is 40.5 Å². The number of hydrogen-bond donors (Lipinski definition) is 3. The van der Waals surface area contributed by atoms with E-state index in [1.165, 1.54) is 6.07 Å². The Morgan fingerprint density at radius 1 is 1.04 bits per heavy atom. The van der Waals surface area contributed by atoms with E-state index in [1.807, 2.05) is 31.2 Å². The first-order valence-corrected chi connectivity index (χ1v) is 16.3. The van der Waals surface area contributed by atoms with E-state index >= 15 is 0 Å². The number of aromatic carboxylic acids is 1. The molecule has 1 aromatic heterocycles. The van der Waals surface area contributed by atoms with Gasteiger partial charge in [-0.15, -0.1) is 0 Å². The first-order chi connectivity index (χ1) is 22.3. The predicted octanol–water partition coefficient (Wildman–Crippen LogP) is 6.82. The van der Waals surface area contributed by atoms with Gasteiger partial charge in [-0.1, -0.05) is 24.3 Å². The fourth-order valence-corrected chi connectivity index (χ4v) is 7.14. The molecule has 3 atom stereocenters. The number of halogens is 1. The molecule has 3 N–H and O–H groups in total. The van der Waals surface area contributed by atoms with Crippen molar-refractivity contribution in [2.24, 2.45) is 11.8 Å². The van der Waals surface area contributed by atoms with Crippen LogP contribution in [0.25, 0.3) is 11.0 Å². The summed E-state index contributed by atoms with van der Waals surface area (Å²) in [5, 5.41) is 15.7. The van der Waals surface area contributed by atoms with Crippen molar-refractivity contribution in [2.45, 2.75) is 89.8 Å². The van der Waals surface area contributed by atoms with Crippen molar-refractivity contribution in [1.29, 1.82) is 0 Å². The minimum absolute atomic E-state index is 0.0131. The monoisotopic (exact) mass is 649 g/mol. The normalized spacial score (nSPS) is 22.1. The second kappa shape index (κ2) is 14.1. The molecule has 0 bridgehead atoms.